The molecule has 4 aliphatic rings. The predicted molar refractivity (Wildman–Crippen MR) is 146 cm³/mol. The van der Waals surface area contributed by atoms with Gasteiger partial charge in [0.2, 0.25) is 5.95 Å². The summed E-state index contributed by atoms with van der Waals surface area (Å²) < 4.78 is 68.4. The molecule has 0 aromatic carbocycles. The lowest BCUT2D eigenvalue weighted by molar-refractivity contribution is -0.244. The number of aliphatic hydroxyl groups excluding tert-OH is 1. The van der Waals surface area contributed by atoms with Crippen molar-refractivity contribution in [2.45, 2.75) is 48.6 Å². The Bertz CT molecular complexity index is 2020. The number of fused-ring (bicyclic) bond motifs is 3. The van der Waals surface area contributed by atoms with Crippen LogP contribution in [0.25, 0.3) is 22.3 Å². The van der Waals surface area contributed by atoms with Gasteiger partial charge in [0.05, 0.1) is 32.5 Å². The fourth-order valence-corrected chi connectivity index (χ4v) is 7.85. The number of ether oxygens (including phenoxy) is 3. The molecule has 23 nitrogen and oxygen atoms in total. The summed E-state index contributed by atoms with van der Waals surface area (Å²) in [6.45, 7) is -1.63. The average molecular weight is 686 g/mol. The second-order valence-corrected chi connectivity index (χ2v) is 13.7. The minimum Gasteiger partial charge on any atom is -0.386 e. The van der Waals surface area contributed by atoms with E-state index < -0.39 is 83.0 Å². The maximum absolute atomic E-state index is 13.4. The molecule has 8 N–H and O–H groups in total. The first kappa shape index (κ1) is 29.9. The molecule has 4 fully saturated rings. The van der Waals surface area contributed by atoms with Gasteiger partial charge in [0.25, 0.3) is 5.56 Å². The van der Waals surface area contributed by atoms with Crippen LogP contribution in [0, 0.1) is 0 Å². The number of nitrogens with zero attached hydrogens (tertiary/aromatic N) is 7. The third-order valence-corrected chi connectivity index (χ3v) is 9.99. The molecule has 8 rings (SSSR count). The standard InChI is InChI=1S/C21H24N10O13P2/c22-14-8-15(25-4-24-14)30(5-26-8)18-10(32)11-7(41-18)1-39-45(34,35)44-12-13-21(2-38-13,3-40-46(36,37)43-11)42-19(12)31-6-27-9-16(31)28-20(23)29-17(9)33/h4-7,10-13,18-19,32H,1-3H2,(H,34,35)(H,36,37)(H2,22,24,25)(H3,23,28,29,33)/t7-,10-,11-,12-,13+,18-,19-,21-/m1/s1. The highest BCUT2D eigenvalue weighted by molar-refractivity contribution is 7.47. The van der Waals surface area contributed by atoms with E-state index in [4.69, 9.17) is 43.8 Å². The largest absolute Gasteiger partial charge is 0.472 e. The zero-order chi connectivity index (χ0) is 32.2. The van der Waals surface area contributed by atoms with Crippen LogP contribution in [0.1, 0.15) is 12.5 Å². The SMILES string of the molecule is Nc1nc2c(ncn2[C@@H]2O[C@@]34CO[C@H]3[C@H]2OP(=O)(O)OC[C@H]2O[C@@H](n3cnc5c(N)ncnc53)[C@H](O)[C@@H]2OP(=O)(O)OC4)c(=O)[nH]1. The highest BCUT2D eigenvalue weighted by atomic mass is 31.2. The summed E-state index contributed by atoms with van der Waals surface area (Å²) in [5.41, 5.74) is 9.58. The van der Waals surface area contributed by atoms with Crippen LogP contribution in [0.3, 0.4) is 0 Å². The predicted octanol–water partition coefficient (Wildman–Crippen LogP) is -1.93. The molecule has 4 saturated heterocycles. The number of aromatic amines is 1. The Hall–Kier alpha value is -3.44. The monoisotopic (exact) mass is 686 g/mol. The molecule has 2 bridgehead atoms. The third kappa shape index (κ3) is 4.67. The van der Waals surface area contributed by atoms with Gasteiger partial charge < -0.3 is 40.6 Å². The van der Waals surface area contributed by atoms with Crippen molar-refractivity contribution in [1.29, 1.82) is 0 Å². The quantitative estimate of drug-likeness (QED) is 0.125. The Morgan fingerprint density at radius 3 is 2.41 bits per heavy atom. The van der Waals surface area contributed by atoms with E-state index in [2.05, 4.69) is 29.9 Å². The van der Waals surface area contributed by atoms with Crippen molar-refractivity contribution in [2.75, 3.05) is 31.3 Å². The van der Waals surface area contributed by atoms with E-state index in [-0.39, 0.29) is 40.7 Å². The summed E-state index contributed by atoms with van der Waals surface area (Å²) in [7, 11) is -10.0. The molecular weight excluding hydrogens is 662 g/mol. The highest BCUT2D eigenvalue weighted by Gasteiger charge is 2.66. The number of hydrogen-bond acceptors (Lipinski definition) is 18. The molecular formula is C21H24N10O13P2. The Morgan fingerprint density at radius 1 is 0.935 bits per heavy atom. The Labute approximate surface area is 254 Å². The van der Waals surface area contributed by atoms with Gasteiger partial charge in [-0.2, -0.15) is 4.98 Å². The normalized spacial score (nSPS) is 39.7. The van der Waals surface area contributed by atoms with E-state index >= 15 is 0 Å². The van der Waals surface area contributed by atoms with Crippen LogP contribution in [0.15, 0.2) is 23.8 Å². The van der Waals surface area contributed by atoms with Crippen molar-refractivity contribution in [3.05, 3.63) is 29.3 Å². The first-order chi connectivity index (χ1) is 21.8. The number of aliphatic hydroxyl groups is 1. The smallest absolute Gasteiger partial charge is 0.386 e. The van der Waals surface area contributed by atoms with E-state index in [9.17, 15) is 28.8 Å². The molecule has 4 aromatic rings. The Balaban J connectivity index is 1.14. The molecule has 4 aliphatic heterocycles. The number of H-pyrrole nitrogens is 1. The molecule has 246 valence electrons. The van der Waals surface area contributed by atoms with Gasteiger partial charge in [-0.15, -0.1) is 0 Å². The molecule has 4 aromatic heterocycles. The van der Waals surface area contributed by atoms with Crippen molar-refractivity contribution in [2.24, 2.45) is 0 Å². The van der Waals surface area contributed by atoms with E-state index in [1.807, 2.05) is 0 Å². The van der Waals surface area contributed by atoms with Crippen molar-refractivity contribution in [1.82, 2.24) is 39.0 Å². The number of nitrogen functional groups attached to an aromatic ring is 2. The summed E-state index contributed by atoms with van der Waals surface area (Å²) in [4.78, 5) is 56.5. The van der Waals surface area contributed by atoms with Gasteiger partial charge in [0, 0.05) is 0 Å². The van der Waals surface area contributed by atoms with Gasteiger partial charge >= 0.3 is 15.6 Å². The average Bonchev–Trinajstić information content (AvgIpc) is 3.71. The molecule has 0 spiro atoms. The molecule has 10 atom stereocenters. The molecule has 0 radical (unpaired) electrons. The molecule has 46 heavy (non-hydrogen) atoms. The second kappa shape index (κ2) is 10.3. The van der Waals surface area contributed by atoms with Crippen LogP contribution in [0.5, 0.6) is 0 Å². The van der Waals surface area contributed by atoms with E-state index in [0.29, 0.717) is 0 Å². The maximum atomic E-state index is 13.4. The summed E-state index contributed by atoms with van der Waals surface area (Å²) in [6, 6.07) is 0. The van der Waals surface area contributed by atoms with Crippen LogP contribution in [-0.2, 0) is 41.4 Å². The van der Waals surface area contributed by atoms with Crippen LogP contribution in [0.2, 0.25) is 0 Å². The lowest BCUT2D eigenvalue weighted by Gasteiger charge is -2.43. The lowest BCUT2D eigenvalue weighted by atomic mass is 9.91. The molecule has 8 heterocycles. The molecule has 0 amide bonds. The Kier molecular flexibility index (Phi) is 6.69. The van der Waals surface area contributed by atoms with Gasteiger partial charge in [-0.25, -0.2) is 29.1 Å². The number of imidazole rings is 2. The number of nitrogens with two attached hydrogens (primary N) is 2. The lowest BCUT2D eigenvalue weighted by Crippen LogP contribution is -2.61. The van der Waals surface area contributed by atoms with Crippen LogP contribution >= 0.6 is 15.6 Å². The van der Waals surface area contributed by atoms with Crippen molar-refractivity contribution >= 4 is 49.7 Å². The molecule has 2 unspecified atom stereocenters. The number of phosphoric acid groups is 2. The zero-order valence-corrected chi connectivity index (χ0v) is 24.8. The number of aromatic nitrogens is 8. The first-order valence-corrected chi connectivity index (χ1v) is 16.4. The maximum Gasteiger partial charge on any atom is 0.472 e. The van der Waals surface area contributed by atoms with E-state index in [1.54, 1.807) is 0 Å². The van der Waals surface area contributed by atoms with Gasteiger partial charge in [0.15, 0.2) is 35.1 Å². The van der Waals surface area contributed by atoms with E-state index in [0.717, 1.165) is 6.33 Å². The van der Waals surface area contributed by atoms with Crippen molar-refractivity contribution in [3.8, 4) is 0 Å². The molecule has 0 aliphatic carbocycles. The zero-order valence-electron chi connectivity index (χ0n) is 23.0. The fraction of sp³-hybridized carbons (Fsp3) is 0.524. The highest BCUT2D eigenvalue weighted by Crippen LogP contribution is 2.58. The summed E-state index contributed by atoms with van der Waals surface area (Å²) in [5.74, 6) is -0.192. The topological polar surface area (TPSA) is 319 Å². The first-order valence-electron chi connectivity index (χ1n) is 13.4. The molecule has 25 heteroatoms. The second-order valence-electron chi connectivity index (χ2n) is 10.9. The summed E-state index contributed by atoms with van der Waals surface area (Å²) >= 11 is 0. The number of rotatable bonds is 2. The summed E-state index contributed by atoms with van der Waals surface area (Å²) in [6.07, 6.45) is -6.42. The van der Waals surface area contributed by atoms with Gasteiger partial charge in [-0.3, -0.25) is 37.0 Å². The minimum absolute atomic E-state index is 0.0487. The van der Waals surface area contributed by atoms with Gasteiger partial charge in [-0.1, -0.05) is 0 Å². The molecule has 0 saturated carbocycles. The number of hydrogen-bond donors (Lipinski definition) is 6. The Morgan fingerprint density at radius 2 is 1.65 bits per heavy atom. The van der Waals surface area contributed by atoms with Gasteiger partial charge in [0.1, 0.15) is 48.0 Å². The van der Waals surface area contributed by atoms with Gasteiger partial charge in [-0.05, 0) is 0 Å². The number of phosphoric ester groups is 2. The van der Waals surface area contributed by atoms with Crippen LogP contribution in [-0.4, -0.2) is 110 Å². The minimum atomic E-state index is -5.03. The third-order valence-electron chi connectivity index (χ3n) is 8.04. The van der Waals surface area contributed by atoms with E-state index in [1.165, 1.54) is 21.8 Å². The number of nitrogens with one attached hydrogen (secondary N) is 1. The summed E-state index contributed by atoms with van der Waals surface area (Å²) in [5, 5.41) is 11.2. The van der Waals surface area contributed by atoms with Crippen LogP contribution in [0.4, 0.5) is 11.8 Å². The number of anilines is 2. The van der Waals surface area contributed by atoms with Crippen LogP contribution < -0.4 is 17.0 Å². The fourth-order valence-electron chi connectivity index (χ4n) is 5.92. The van der Waals surface area contributed by atoms with Crippen molar-refractivity contribution in [3.63, 3.8) is 0 Å². The van der Waals surface area contributed by atoms with Crippen molar-refractivity contribution < 1.29 is 56.3 Å².